The molecule has 2 fully saturated rings. The Morgan fingerprint density at radius 2 is 2.05 bits per heavy atom. The molecule has 1 aromatic heterocycles. The molecule has 0 aliphatic carbocycles. The number of carbonyl (C=O) groups excluding carboxylic acids is 1. The van der Waals surface area contributed by atoms with Crippen LogP contribution in [0.15, 0.2) is 0 Å². The maximum atomic E-state index is 11.7. The van der Waals surface area contributed by atoms with Crippen LogP contribution in [0.25, 0.3) is 0 Å². The molecule has 0 radical (unpaired) electrons. The average molecular weight is 299 g/mol. The quantitative estimate of drug-likeness (QED) is 0.573. The Balaban J connectivity index is 2.09. The van der Waals surface area contributed by atoms with E-state index in [0.717, 1.165) is 4.68 Å². The molecule has 2 N–H and O–H groups in total. The molecular formula is C9H9N5O7. The fourth-order valence-electron chi connectivity index (χ4n) is 2.44. The number of Topliss-reactive ketones (excluding diaryl/α,β-unsaturated/α-hetero) is 1. The highest BCUT2D eigenvalue weighted by Crippen LogP contribution is 2.39. The lowest BCUT2D eigenvalue weighted by atomic mass is 10.0. The largest absolute Gasteiger partial charge is 0.443 e. The molecule has 0 saturated carbocycles. The highest BCUT2D eigenvalue weighted by molar-refractivity contribution is 5.83. The fourth-order valence-corrected chi connectivity index (χ4v) is 2.44. The minimum Gasteiger partial charge on any atom is -0.385 e. The number of nitro groups is 2. The van der Waals surface area contributed by atoms with Gasteiger partial charge in [0.05, 0.1) is 13.0 Å². The molecule has 1 aromatic rings. The van der Waals surface area contributed by atoms with Gasteiger partial charge in [0.2, 0.25) is 12.0 Å². The van der Waals surface area contributed by atoms with E-state index >= 15 is 0 Å². The number of aromatic nitrogens is 2. The Hall–Kier alpha value is -2.60. The number of ether oxygens (including phenoxy) is 2. The molecule has 112 valence electrons. The van der Waals surface area contributed by atoms with Crippen molar-refractivity contribution in [2.75, 3.05) is 12.3 Å². The molecule has 0 amide bonds. The Bertz CT molecular complexity index is 655. The van der Waals surface area contributed by atoms with E-state index in [1.807, 2.05) is 0 Å². The SMILES string of the molecule is Nc1c([N+](=O)[O-])nn(C2CC(=O)[C@@H]3OC[C@H]2O3)c1[N+](=O)[O-]. The van der Waals surface area contributed by atoms with Crippen LogP contribution in [0.3, 0.4) is 0 Å². The van der Waals surface area contributed by atoms with Crippen LogP contribution in [0.1, 0.15) is 12.5 Å². The minimum absolute atomic E-state index is 0.0474. The van der Waals surface area contributed by atoms with Gasteiger partial charge in [-0.1, -0.05) is 0 Å². The first-order chi connectivity index (χ1) is 9.90. The second kappa shape index (κ2) is 4.46. The fraction of sp³-hybridized carbons (Fsp3) is 0.556. The van der Waals surface area contributed by atoms with Gasteiger partial charge in [-0.2, -0.15) is 0 Å². The summed E-state index contributed by atoms with van der Waals surface area (Å²) in [6, 6.07) is -0.868. The van der Waals surface area contributed by atoms with Crippen molar-refractivity contribution in [1.29, 1.82) is 0 Å². The van der Waals surface area contributed by atoms with Crippen molar-refractivity contribution in [2.24, 2.45) is 0 Å². The summed E-state index contributed by atoms with van der Waals surface area (Å²) in [7, 11) is 0. The predicted molar refractivity (Wildman–Crippen MR) is 63.2 cm³/mol. The maximum absolute atomic E-state index is 11.7. The van der Waals surface area contributed by atoms with E-state index in [1.54, 1.807) is 0 Å². The molecule has 2 aliphatic heterocycles. The Labute approximate surface area is 115 Å². The predicted octanol–water partition coefficient (Wildman–Crippen LogP) is -0.463. The molecule has 21 heavy (non-hydrogen) atoms. The van der Waals surface area contributed by atoms with E-state index in [-0.39, 0.29) is 13.0 Å². The van der Waals surface area contributed by atoms with E-state index in [9.17, 15) is 25.0 Å². The van der Waals surface area contributed by atoms with Gasteiger partial charge in [0.25, 0.3) is 0 Å². The first-order valence-corrected chi connectivity index (χ1v) is 5.86. The number of hydrogen-bond donors (Lipinski definition) is 1. The van der Waals surface area contributed by atoms with E-state index in [1.165, 1.54) is 0 Å². The van der Waals surface area contributed by atoms with Crippen molar-refractivity contribution in [3.8, 4) is 0 Å². The minimum atomic E-state index is -0.979. The van der Waals surface area contributed by atoms with Gasteiger partial charge >= 0.3 is 11.6 Å². The number of nitrogens with two attached hydrogens (primary N) is 1. The van der Waals surface area contributed by atoms with Gasteiger partial charge in [-0.05, 0) is 14.5 Å². The standard InChI is InChI=1S/C9H9N5O7/c10-6-7(13(16)17)11-12(8(6)14(18)19)3-1-4(15)9-20-2-5(3)21-9/h3,5,9H,1-2,10H2/t3?,5-,9-/m1/s1. The molecule has 2 saturated heterocycles. The van der Waals surface area contributed by atoms with Crippen LogP contribution in [0.4, 0.5) is 17.3 Å². The Morgan fingerprint density at radius 3 is 2.67 bits per heavy atom. The molecule has 0 aromatic carbocycles. The lowest BCUT2D eigenvalue weighted by molar-refractivity contribution is -0.393. The molecule has 2 bridgehead atoms. The smallest absolute Gasteiger partial charge is 0.385 e. The zero-order valence-corrected chi connectivity index (χ0v) is 10.4. The third-order valence-electron chi connectivity index (χ3n) is 3.37. The first kappa shape index (κ1) is 13.4. The summed E-state index contributed by atoms with van der Waals surface area (Å²) in [5, 5.41) is 25.5. The van der Waals surface area contributed by atoms with Crippen molar-refractivity contribution < 1.29 is 24.1 Å². The lowest BCUT2D eigenvalue weighted by Crippen LogP contribution is -2.37. The molecular weight excluding hydrogens is 290 g/mol. The summed E-state index contributed by atoms with van der Waals surface area (Å²) in [5.41, 5.74) is 4.77. The molecule has 1 unspecified atom stereocenters. The van der Waals surface area contributed by atoms with Crippen molar-refractivity contribution >= 4 is 23.1 Å². The van der Waals surface area contributed by atoms with Gasteiger partial charge in [0.1, 0.15) is 6.10 Å². The summed E-state index contributed by atoms with van der Waals surface area (Å²) in [4.78, 5) is 31.8. The van der Waals surface area contributed by atoms with Crippen molar-refractivity contribution in [3.63, 3.8) is 0 Å². The van der Waals surface area contributed by atoms with Crippen LogP contribution >= 0.6 is 0 Å². The van der Waals surface area contributed by atoms with Crippen LogP contribution in [0.5, 0.6) is 0 Å². The summed E-state index contributed by atoms with van der Waals surface area (Å²) >= 11 is 0. The number of fused-ring (bicyclic) bond motifs is 2. The number of hydrogen-bond acceptors (Lipinski definition) is 9. The zero-order chi connectivity index (χ0) is 15.3. The van der Waals surface area contributed by atoms with Gasteiger partial charge in [-0.25, -0.2) is 0 Å². The number of anilines is 1. The highest BCUT2D eigenvalue weighted by Gasteiger charge is 2.51. The summed E-state index contributed by atoms with van der Waals surface area (Å²) in [6.07, 6.45) is -1.76. The van der Waals surface area contributed by atoms with Gasteiger partial charge in [0.15, 0.2) is 16.9 Å². The second-order valence-corrected chi connectivity index (χ2v) is 4.60. The van der Waals surface area contributed by atoms with E-state index in [2.05, 4.69) is 5.10 Å². The van der Waals surface area contributed by atoms with Crippen LogP contribution in [-0.2, 0) is 14.3 Å². The first-order valence-electron chi connectivity index (χ1n) is 5.86. The molecule has 3 atom stereocenters. The third kappa shape index (κ3) is 1.92. The van der Waals surface area contributed by atoms with Crippen LogP contribution in [0, 0.1) is 20.2 Å². The number of carbonyl (C=O) groups is 1. The van der Waals surface area contributed by atoms with E-state index in [4.69, 9.17) is 15.2 Å². The molecule has 2 aliphatic rings. The second-order valence-electron chi connectivity index (χ2n) is 4.60. The molecule has 3 heterocycles. The number of rotatable bonds is 3. The Morgan fingerprint density at radius 1 is 1.33 bits per heavy atom. The normalized spacial score (nSPS) is 27.8. The maximum Gasteiger partial charge on any atom is 0.443 e. The molecule has 12 heteroatoms. The van der Waals surface area contributed by atoms with E-state index in [0.29, 0.717) is 0 Å². The summed E-state index contributed by atoms with van der Waals surface area (Å²) < 4.78 is 11.1. The molecule has 12 nitrogen and oxygen atoms in total. The highest BCUT2D eigenvalue weighted by atomic mass is 16.7. The topological polar surface area (TPSA) is 166 Å². The summed E-state index contributed by atoms with van der Waals surface area (Å²) in [5.74, 6) is -1.96. The van der Waals surface area contributed by atoms with Crippen molar-refractivity contribution in [3.05, 3.63) is 20.2 Å². The van der Waals surface area contributed by atoms with Gasteiger partial charge in [-0.15, -0.1) is 0 Å². The van der Waals surface area contributed by atoms with Gasteiger partial charge < -0.3 is 35.4 Å². The third-order valence-corrected chi connectivity index (χ3v) is 3.37. The van der Waals surface area contributed by atoms with Crippen LogP contribution in [-0.4, -0.2) is 44.4 Å². The van der Waals surface area contributed by atoms with Crippen LogP contribution < -0.4 is 5.73 Å². The van der Waals surface area contributed by atoms with Crippen molar-refractivity contribution in [1.82, 2.24) is 9.78 Å². The zero-order valence-electron chi connectivity index (χ0n) is 10.4. The summed E-state index contributed by atoms with van der Waals surface area (Å²) in [6.45, 7) is 0.0474. The monoisotopic (exact) mass is 299 g/mol. The van der Waals surface area contributed by atoms with E-state index < -0.39 is 51.4 Å². The number of nitrogens with zero attached hydrogens (tertiary/aromatic N) is 4. The number of nitrogen functional groups attached to an aromatic ring is 1. The number of ketones is 1. The van der Waals surface area contributed by atoms with Crippen LogP contribution in [0.2, 0.25) is 0 Å². The van der Waals surface area contributed by atoms with Crippen molar-refractivity contribution in [2.45, 2.75) is 24.9 Å². The Kier molecular flexibility index (Phi) is 2.84. The lowest BCUT2D eigenvalue weighted by Gasteiger charge is -2.21. The average Bonchev–Trinajstić information content (AvgIpc) is 2.97. The molecule has 0 spiro atoms. The molecule has 3 rings (SSSR count). The van der Waals surface area contributed by atoms with Gasteiger partial charge in [0, 0.05) is 0 Å². The van der Waals surface area contributed by atoms with Gasteiger partial charge in [-0.3, -0.25) is 4.79 Å².